The van der Waals surface area contributed by atoms with Crippen LogP contribution in [0, 0.1) is 0 Å². The summed E-state index contributed by atoms with van der Waals surface area (Å²) in [6.45, 7) is 2.03. The van der Waals surface area contributed by atoms with Crippen LogP contribution in [0.2, 0.25) is 0 Å². The van der Waals surface area contributed by atoms with Gasteiger partial charge in [0.2, 0.25) is 0 Å². The van der Waals surface area contributed by atoms with Gasteiger partial charge in [-0.05, 0) is 6.42 Å². The minimum absolute atomic E-state index is 0.0339. The molecule has 0 bridgehead atoms. The Morgan fingerprint density at radius 3 is 1.75 bits per heavy atom. The van der Waals surface area contributed by atoms with Gasteiger partial charge in [0.1, 0.15) is 0 Å². The number of aromatic nitrogens is 4. The molecule has 0 saturated heterocycles. The van der Waals surface area contributed by atoms with E-state index in [0.29, 0.717) is 5.69 Å². The highest BCUT2D eigenvalue weighted by atomic mass is 16.3. The second-order valence-corrected chi connectivity index (χ2v) is 2.91. The normalized spacial score (nSPS) is 9.12. The molecular formula is C11H14N4O. The maximum Gasteiger partial charge on any atom is 0.0868 e. The lowest BCUT2D eigenvalue weighted by Crippen LogP contribution is -1.86. The molecule has 0 fully saturated rings. The van der Waals surface area contributed by atoms with Crippen LogP contribution >= 0.6 is 0 Å². The Bertz CT molecular complexity index is 340. The quantitative estimate of drug-likeness (QED) is 0.814. The van der Waals surface area contributed by atoms with Crippen molar-refractivity contribution in [3.8, 4) is 0 Å². The van der Waals surface area contributed by atoms with E-state index in [1.165, 1.54) is 6.20 Å². The topological polar surface area (TPSA) is 71.8 Å². The Labute approximate surface area is 94.3 Å². The van der Waals surface area contributed by atoms with Crippen LogP contribution in [0.25, 0.3) is 0 Å². The van der Waals surface area contributed by atoms with Crippen molar-refractivity contribution in [1.29, 1.82) is 0 Å². The minimum Gasteiger partial charge on any atom is -0.390 e. The van der Waals surface area contributed by atoms with E-state index in [1.54, 1.807) is 31.0 Å². The van der Waals surface area contributed by atoms with Crippen molar-refractivity contribution >= 4 is 0 Å². The Kier molecular flexibility index (Phi) is 5.65. The molecule has 0 unspecified atom stereocenters. The van der Waals surface area contributed by atoms with Gasteiger partial charge in [-0.15, -0.1) is 0 Å². The van der Waals surface area contributed by atoms with Crippen LogP contribution in [0.4, 0.5) is 0 Å². The molecule has 0 amide bonds. The zero-order chi connectivity index (χ0) is 11.6. The van der Waals surface area contributed by atoms with Crippen molar-refractivity contribution in [2.45, 2.75) is 20.0 Å². The average molecular weight is 218 g/mol. The largest absolute Gasteiger partial charge is 0.390 e. The summed E-state index contributed by atoms with van der Waals surface area (Å²) in [5.41, 5.74) is 1.65. The summed E-state index contributed by atoms with van der Waals surface area (Å²) in [5, 5.41) is 8.44. The molecule has 0 aliphatic carbocycles. The van der Waals surface area contributed by atoms with Crippen LogP contribution in [0.3, 0.4) is 0 Å². The molecular weight excluding hydrogens is 204 g/mol. The molecule has 0 aliphatic heterocycles. The fourth-order valence-electron chi connectivity index (χ4n) is 0.924. The summed E-state index contributed by atoms with van der Waals surface area (Å²) < 4.78 is 0. The third-order valence-corrected chi connectivity index (χ3v) is 1.76. The van der Waals surface area contributed by atoms with Gasteiger partial charge >= 0.3 is 0 Å². The van der Waals surface area contributed by atoms with Crippen molar-refractivity contribution in [3.05, 3.63) is 48.6 Å². The lowest BCUT2D eigenvalue weighted by atomic mass is 10.4. The molecule has 0 spiro atoms. The van der Waals surface area contributed by atoms with E-state index >= 15 is 0 Å². The number of hydrogen-bond donors (Lipinski definition) is 1. The van der Waals surface area contributed by atoms with Crippen molar-refractivity contribution in [1.82, 2.24) is 19.9 Å². The SMILES string of the molecule is CCc1cnccn1.OCc1cnccn1. The maximum atomic E-state index is 8.44. The molecule has 2 rings (SSSR count). The van der Waals surface area contributed by atoms with Gasteiger partial charge in [-0.2, -0.15) is 0 Å². The molecule has 2 heterocycles. The van der Waals surface area contributed by atoms with Crippen molar-refractivity contribution < 1.29 is 5.11 Å². The lowest BCUT2D eigenvalue weighted by molar-refractivity contribution is 0.276. The van der Waals surface area contributed by atoms with Crippen LogP contribution in [-0.2, 0) is 13.0 Å². The van der Waals surface area contributed by atoms with Gasteiger partial charge < -0.3 is 5.11 Å². The molecule has 0 atom stereocenters. The predicted octanol–water partition coefficient (Wildman–Crippen LogP) is 1.01. The van der Waals surface area contributed by atoms with Gasteiger partial charge in [-0.1, -0.05) is 6.92 Å². The Balaban J connectivity index is 0.000000160. The highest BCUT2D eigenvalue weighted by Gasteiger charge is 1.84. The fraction of sp³-hybridized carbons (Fsp3) is 0.273. The maximum absolute atomic E-state index is 8.44. The molecule has 5 nitrogen and oxygen atoms in total. The van der Waals surface area contributed by atoms with Gasteiger partial charge in [0.05, 0.1) is 24.2 Å². The first-order valence-electron chi connectivity index (χ1n) is 4.97. The highest BCUT2D eigenvalue weighted by Crippen LogP contribution is 1.88. The van der Waals surface area contributed by atoms with Crippen LogP contribution in [0.15, 0.2) is 37.2 Å². The summed E-state index contributed by atoms with van der Waals surface area (Å²) in [5.74, 6) is 0. The number of hydrogen-bond acceptors (Lipinski definition) is 5. The number of aliphatic hydroxyl groups excluding tert-OH is 1. The van der Waals surface area contributed by atoms with Gasteiger partial charge in [-0.25, -0.2) is 0 Å². The first-order chi connectivity index (χ1) is 7.86. The molecule has 0 aliphatic rings. The summed E-state index contributed by atoms with van der Waals surface area (Å²) in [6.07, 6.45) is 10.8. The Hall–Kier alpha value is -1.88. The predicted molar refractivity (Wildman–Crippen MR) is 59.4 cm³/mol. The second-order valence-electron chi connectivity index (χ2n) is 2.91. The van der Waals surface area contributed by atoms with Crippen LogP contribution in [-0.4, -0.2) is 25.0 Å². The summed E-state index contributed by atoms with van der Waals surface area (Å²) >= 11 is 0. The number of aliphatic hydroxyl groups is 1. The molecule has 1 N–H and O–H groups in total. The summed E-state index contributed by atoms with van der Waals surface area (Å²) in [6, 6.07) is 0. The third kappa shape index (κ3) is 4.56. The fourth-order valence-corrected chi connectivity index (χ4v) is 0.924. The van der Waals surface area contributed by atoms with Gasteiger partial charge in [0.15, 0.2) is 0 Å². The van der Waals surface area contributed by atoms with Gasteiger partial charge in [0.25, 0.3) is 0 Å². The summed E-state index contributed by atoms with van der Waals surface area (Å²) in [7, 11) is 0. The molecule has 16 heavy (non-hydrogen) atoms. The number of aryl methyl sites for hydroxylation is 1. The molecule has 0 radical (unpaired) electrons. The van der Waals surface area contributed by atoms with Gasteiger partial charge in [-0.3, -0.25) is 19.9 Å². The van der Waals surface area contributed by atoms with Gasteiger partial charge in [0, 0.05) is 31.0 Å². The summed E-state index contributed by atoms with van der Waals surface area (Å²) in [4.78, 5) is 15.4. The zero-order valence-corrected chi connectivity index (χ0v) is 9.11. The van der Waals surface area contributed by atoms with Crippen LogP contribution < -0.4 is 0 Å². The molecule has 2 aromatic rings. The lowest BCUT2D eigenvalue weighted by Gasteiger charge is -1.88. The van der Waals surface area contributed by atoms with E-state index in [1.807, 2.05) is 0 Å². The van der Waals surface area contributed by atoms with E-state index < -0.39 is 0 Å². The van der Waals surface area contributed by atoms with Crippen LogP contribution in [0.5, 0.6) is 0 Å². The van der Waals surface area contributed by atoms with Crippen molar-refractivity contribution in [2.75, 3.05) is 0 Å². The first kappa shape index (κ1) is 12.2. The van der Waals surface area contributed by atoms with E-state index in [9.17, 15) is 0 Å². The molecule has 84 valence electrons. The third-order valence-electron chi connectivity index (χ3n) is 1.76. The van der Waals surface area contributed by atoms with E-state index in [4.69, 9.17) is 5.11 Å². The standard InChI is InChI=1S/C6H8N2.C5H6N2O/c1-2-6-5-7-3-4-8-6;8-4-5-3-6-1-2-7-5/h3-5H,2H2,1H3;1-3,8H,4H2. The average Bonchev–Trinajstić information content (AvgIpc) is 2.41. The van der Waals surface area contributed by atoms with E-state index in [2.05, 4.69) is 26.9 Å². The smallest absolute Gasteiger partial charge is 0.0868 e. The molecule has 2 aromatic heterocycles. The monoisotopic (exact) mass is 218 g/mol. The Morgan fingerprint density at radius 1 is 0.938 bits per heavy atom. The van der Waals surface area contributed by atoms with E-state index in [0.717, 1.165) is 12.1 Å². The molecule has 5 heteroatoms. The number of nitrogens with zero attached hydrogens (tertiary/aromatic N) is 4. The first-order valence-corrected chi connectivity index (χ1v) is 4.97. The number of rotatable bonds is 2. The highest BCUT2D eigenvalue weighted by molar-refractivity contribution is 4.92. The van der Waals surface area contributed by atoms with E-state index in [-0.39, 0.29) is 6.61 Å². The Morgan fingerprint density at radius 2 is 1.50 bits per heavy atom. The zero-order valence-electron chi connectivity index (χ0n) is 9.11. The molecule has 0 aromatic carbocycles. The van der Waals surface area contributed by atoms with Crippen LogP contribution in [0.1, 0.15) is 18.3 Å². The van der Waals surface area contributed by atoms with Crippen molar-refractivity contribution in [2.24, 2.45) is 0 Å². The van der Waals surface area contributed by atoms with Crippen molar-refractivity contribution in [3.63, 3.8) is 0 Å². The molecule has 0 saturated carbocycles. The second kappa shape index (κ2) is 7.42. The minimum atomic E-state index is -0.0339.